The molecule has 0 aliphatic heterocycles. The Labute approximate surface area is 152 Å². The summed E-state index contributed by atoms with van der Waals surface area (Å²) in [5.74, 6) is 0.243. The molecule has 2 N–H and O–H groups in total. The summed E-state index contributed by atoms with van der Waals surface area (Å²) in [7, 11) is 4.04. The number of aromatic amines is 1. The lowest BCUT2D eigenvalue weighted by Gasteiger charge is -2.12. The third-order valence-corrected chi connectivity index (χ3v) is 4.31. The van der Waals surface area contributed by atoms with Crippen LogP contribution in [0.2, 0.25) is 0 Å². The van der Waals surface area contributed by atoms with E-state index in [0.29, 0.717) is 35.7 Å². The first-order chi connectivity index (χ1) is 12.5. The van der Waals surface area contributed by atoms with Gasteiger partial charge in [-0.25, -0.2) is 4.98 Å². The lowest BCUT2D eigenvalue weighted by Crippen LogP contribution is -2.18. The first-order valence-electron chi connectivity index (χ1n) is 8.83. The fraction of sp³-hybridized carbons (Fsp3) is 0.421. The van der Waals surface area contributed by atoms with Crippen molar-refractivity contribution in [3.63, 3.8) is 0 Å². The summed E-state index contributed by atoms with van der Waals surface area (Å²) in [4.78, 5) is 34.0. The van der Waals surface area contributed by atoms with Crippen LogP contribution in [0.25, 0.3) is 0 Å². The summed E-state index contributed by atoms with van der Waals surface area (Å²) in [5, 5.41) is 2.79. The Bertz CT molecular complexity index is 781. The minimum absolute atomic E-state index is 0.0252. The quantitative estimate of drug-likeness (QED) is 0.745. The number of ketones is 1. The van der Waals surface area contributed by atoms with Crippen molar-refractivity contribution < 1.29 is 14.3 Å². The van der Waals surface area contributed by atoms with Crippen LogP contribution in [0.15, 0.2) is 24.5 Å². The first kappa shape index (κ1) is 18.1. The Kier molecular flexibility index (Phi) is 5.68. The van der Waals surface area contributed by atoms with Gasteiger partial charge in [-0.2, -0.15) is 0 Å². The molecule has 7 nitrogen and oxygen atoms in total. The number of carbonyl (C=O) groups is 2. The zero-order chi connectivity index (χ0) is 18.5. The molecule has 0 aromatic carbocycles. The summed E-state index contributed by atoms with van der Waals surface area (Å²) < 4.78 is 5.58. The van der Waals surface area contributed by atoms with E-state index >= 15 is 0 Å². The molecule has 138 valence electrons. The SMILES string of the molecule is CN(C)CCCOc1ccc(NC(=O)c2c[nH]c3c2C(=O)CCC3)cn1. The third-order valence-electron chi connectivity index (χ3n) is 4.31. The highest BCUT2D eigenvalue weighted by atomic mass is 16.5. The minimum atomic E-state index is -0.306. The number of nitrogens with one attached hydrogen (secondary N) is 2. The van der Waals surface area contributed by atoms with E-state index in [1.807, 2.05) is 14.1 Å². The molecule has 2 heterocycles. The molecule has 1 amide bonds. The van der Waals surface area contributed by atoms with E-state index in [-0.39, 0.29) is 11.7 Å². The molecule has 0 bridgehead atoms. The third kappa shape index (κ3) is 4.29. The largest absolute Gasteiger partial charge is 0.478 e. The molecule has 3 rings (SSSR count). The number of rotatable bonds is 7. The molecule has 0 saturated carbocycles. The predicted molar refractivity (Wildman–Crippen MR) is 98.9 cm³/mol. The van der Waals surface area contributed by atoms with Crippen LogP contribution in [-0.4, -0.2) is 53.8 Å². The van der Waals surface area contributed by atoms with Gasteiger partial charge in [-0.1, -0.05) is 0 Å². The number of fused-ring (bicyclic) bond motifs is 1. The molecule has 0 radical (unpaired) electrons. The van der Waals surface area contributed by atoms with Crippen LogP contribution in [0.1, 0.15) is 45.7 Å². The second kappa shape index (κ2) is 8.14. The number of ether oxygens (including phenoxy) is 1. The zero-order valence-electron chi connectivity index (χ0n) is 15.2. The molecule has 7 heteroatoms. The van der Waals surface area contributed by atoms with Gasteiger partial charge in [-0.05, 0) is 39.4 Å². The number of nitrogens with zero attached hydrogens (tertiary/aromatic N) is 2. The Hall–Kier alpha value is -2.67. The molecule has 0 atom stereocenters. The predicted octanol–water partition coefficient (Wildman–Crippen LogP) is 2.51. The monoisotopic (exact) mass is 356 g/mol. The number of aryl methyl sites for hydroxylation is 1. The molecule has 0 saturated heterocycles. The second-order valence-electron chi connectivity index (χ2n) is 6.68. The second-order valence-corrected chi connectivity index (χ2v) is 6.68. The summed E-state index contributed by atoms with van der Waals surface area (Å²) in [6, 6.07) is 3.47. The van der Waals surface area contributed by atoms with Crippen LogP contribution in [0.4, 0.5) is 5.69 Å². The topological polar surface area (TPSA) is 87.3 Å². The number of pyridine rings is 1. The average molecular weight is 356 g/mol. The van der Waals surface area contributed by atoms with Crippen LogP contribution in [-0.2, 0) is 6.42 Å². The maximum absolute atomic E-state index is 12.5. The van der Waals surface area contributed by atoms with E-state index < -0.39 is 0 Å². The molecule has 2 aromatic rings. The van der Waals surface area contributed by atoms with Crippen molar-refractivity contribution in [3.8, 4) is 5.88 Å². The standard InChI is InChI=1S/C19H24N4O3/c1-23(2)9-4-10-26-17-8-7-13(11-21-17)22-19(25)14-12-20-15-5-3-6-16(24)18(14)15/h7-8,11-12,20H,3-6,9-10H2,1-2H3,(H,22,25). The number of hydrogen-bond acceptors (Lipinski definition) is 5. The summed E-state index contributed by atoms with van der Waals surface area (Å²) in [5.41, 5.74) is 2.34. The van der Waals surface area contributed by atoms with Gasteiger partial charge in [0.15, 0.2) is 5.78 Å². The van der Waals surface area contributed by atoms with E-state index in [9.17, 15) is 9.59 Å². The van der Waals surface area contributed by atoms with E-state index in [1.165, 1.54) is 0 Å². The molecule has 2 aromatic heterocycles. The van der Waals surface area contributed by atoms with E-state index in [4.69, 9.17) is 4.74 Å². The van der Waals surface area contributed by atoms with Gasteiger partial charge >= 0.3 is 0 Å². The molecule has 0 fully saturated rings. The van der Waals surface area contributed by atoms with Crippen LogP contribution in [0.5, 0.6) is 5.88 Å². The molecular weight excluding hydrogens is 332 g/mol. The van der Waals surface area contributed by atoms with Gasteiger partial charge in [0.1, 0.15) is 0 Å². The van der Waals surface area contributed by atoms with Crippen LogP contribution in [0, 0.1) is 0 Å². The fourth-order valence-electron chi connectivity index (χ4n) is 3.01. The number of carbonyl (C=O) groups excluding carboxylic acids is 2. The van der Waals surface area contributed by atoms with Crippen molar-refractivity contribution >= 4 is 17.4 Å². The van der Waals surface area contributed by atoms with Crippen LogP contribution >= 0.6 is 0 Å². The number of Topliss-reactive ketones (excluding diaryl/α,β-unsaturated/α-hetero) is 1. The molecule has 1 aliphatic rings. The minimum Gasteiger partial charge on any atom is -0.478 e. The van der Waals surface area contributed by atoms with E-state index in [2.05, 4.69) is 20.2 Å². The van der Waals surface area contributed by atoms with Crippen molar-refractivity contribution in [2.45, 2.75) is 25.7 Å². The van der Waals surface area contributed by atoms with Crippen molar-refractivity contribution in [3.05, 3.63) is 41.3 Å². The van der Waals surface area contributed by atoms with Crippen molar-refractivity contribution in [1.29, 1.82) is 0 Å². The van der Waals surface area contributed by atoms with Crippen LogP contribution in [0.3, 0.4) is 0 Å². The van der Waals surface area contributed by atoms with E-state index in [1.54, 1.807) is 24.5 Å². The number of aromatic nitrogens is 2. The summed E-state index contributed by atoms with van der Waals surface area (Å²) >= 11 is 0. The highest BCUT2D eigenvalue weighted by Gasteiger charge is 2.25. The van der Waals surface area contributed by atoms with Gasteiger partial charge in [0.2, 0.25) is 5.88 Å². The molecule has 1 aliphatic carbocycles. The number of anilines is 1. The maximum atomic E-state index is 12.5. The highest BCUT2D eigenvalue weighted by molar-refractivity contribution is 6.13. The smallest absolute Gasteiger partial charge is 0.257 e. The summed E-state index contributed by atoms with van der Waals surface area (Å²) in [6.45, 7) is 1.54. The van der Waals surface area contributed by atoms with Gasteiger partial charge in [0.25, 0.3) is 5.91 Å². The lowest BCUT2D eigenvalue weighted by atomic mass is 9.93. The van der Waals surface area contributed by atoms with Gasteiger partial charge in [-0.15, -0.1) is 0 Å². The maximum Gasteiger partial charge on any atom is 0.257 e. The number of H-pyrrole nitrogens is 1. The molecule has 0 spiro atoms. The van der Waals surface area contributed by atoms with Crippen molar-refractivity contribution in [2.75, 3.05) is 32.6 Å². The van der Waals surface area contributed by atoms with Gasteiger partial charge < -0.3 is 19.9 Å². The molecule has 0 unspecified atom stereocenters. The first-order valence-corrected chi connectivity index (χ1v) is 8.83. The Morgan fingerprint density at radius 2 is 2.19 bits per heavy atom. The Morgan fingerprint density at radius 3 is 2.92 bits per heavy atom. The lowest BCUT2D eigenvalue weighted by molar-refractivity contribution is 0.0956. The molecule has 26 heavy (non-hydrogen) atoms. The zero-order valence-corrected chi connectivity index (χ0v) is 15.2. The van der Waals surface area contributed by atoms with Crippen molar-refractivity contribution in [2.24, 2.45) is 0 Å². The number of amides is 1. The van der Waals surface area contributed by atoms with Crippen molar-refractivity contribution in [1.82, 2.24) is 14.9 Å². The Morgan fingerprint density at radius 1 is 1.35 bits per heavy atom. The average Bonchev–Trinajstić information content (AvgIpc) is 3.05. The van der Waals surface area contributed by atoms with Gasteiger partial charge in [-0.3, -0.25) is 9.59 Å². The number of hydrogen-bond donors (Lipinski definition) is 2. The Balaban J connectivity index is 1.58. The summed E-state index contributed by atoms with van der Waals surface area (Å²) in [6.07, 6.45) is 6.20. The van der Waals surface area contributed by atoms with Gasteiger partial charge in [0.05, 0.1) is 29.6 Å². The van der Waals surface area contributed by atoms with Gasteiger partial charge in [0, 0.05) is 30.9 Å². The molecular formula is C19H24N4O3. The van der Waals surface area contributed by atoms with Crippen LogP contribution < -0.4 is 10.1 Å². The fourth-order valence-corrected chi connectivity index (χ4v) is 3.01. The van der Waals surface area contributed by atoms with E-state index in [0.717, 1.165) is 31.5 Å². The normalized spacial score (nSPS) is 13.6. The highest BCUT2D eigenvalue weighted by Crippen LogP contribution is 2.24.